The van der Waals surface area contributed by atoms with Crippen molar-refractivity contribution in [2.75, 3.05) is 0 Å². The maximum absolute atomic E-state index is 12.9. The lowest BCUT2D eigenvalue weighted by molar-refractivity contribution is -0.155. The highest BCUT2D eigenvalue weighted by Crippen LogP contribution is 2.35. The Bertz CT molecular complexity index is 508. The van der Waals surface area contributed by atoms with E-state index in [1.54, 1.807) is 16.6 Å². The van der Waals surface area contributed by atoms with Gasteiger partial charge in [-0.3, -0.25) is 14.6 Å². The highest BCUT2D eigenvalue weighted by atomic mass is 32.1. The van der Waals surface area contributed by atoms with E-state index in [4.69, 9.17) is 0 Å². The smallest absolute Gasteiger partial charge is 0.249 e. The maximum atomic E-state index is 12.9. The van der Waals surface area contributed by atoms with E-state index >= 15 is 0 Å². The summed E-state index contributed by atoms with van der Waals surface area (Å²) < 4.78 is 0. The van der Waals surface area contributed by atoms with E-state index < -0.39 is 5.54 Å². The number of carbonyl (C=O) groups excluding carboxylic acids is 2. The molecule has 1 atom stereocenters. The van der Waals surface area contributed by atoms with E-state index in [-0.39, 0.29) is 17.9 Å². The Labute approximate surface area is 122 Å². The Morgan fingerprint density at radius 1 is 1.45 bits per heavy atom. The molecule has 1 aliphatic heterocycles. The molecule has 3 rings (SSSR count). The van der Waals surface area contributed by atoms with Gasteiger partial charge in [-0.1, -0.05) is 19.8 Å². The van der Waals surface area contributed by atoms with Crippen LogP contribution in [0.2, 0.25) is 0 Å². The summed E-state index contributed by atoms with van der Waals surface area (Å²) in [6, 6.07) is -0.351. The van der Waals surface area contributed by atoms with E-state index in [0.29, 0.717) is 13.0 Å². The fourth-order valence-corrected chi connectivity index (χ4v) is 3.92. The van der Waals surface area contributed by atoms with Crippen LogP contribution in [0.1, 0.15) is 43.9 Å². The lowest BCUT2D eigenvalue weighted by atomic mass is 9.90. The number of hydrogen-bond donors (Lipinski definition) is 1. The molecule has 0 bridgehead atoms. The molecular weight excluding hydrogens is 274 g/mol. The molecule has 1 aliphatic carbocycles. The number of aromatic nitrogens is 1. The largest absolute Gasteiger partial charge is 0.340 e. The highest BCUT2D eigenvalue weighted by molar-refractivity contribution is 7.09. The minimum absolute atomic E-state index is 0.00137. The topological polar surface area (TPSA) is 62.3 Å². The minimum atomic E-state index is -0.632. The molecular formula is C14H19N3O2S. The van der Waals surface area contributed by atoms with Gasteiger partial charge in [0.2, 0.25) is 11.8 Å². The SMILES string of the molecule is CCC1C(=O)NC2(CCCC2)C(=O)N1Cc1cncs1. The number of thiazole rings is 1. The first-order valence-corrected chi connectivity index (χ1v) is 8.05. The zero-order valence-electron chi connectivity index (χ0n) is 11.6. The lowest BCUT2D eigenvalue weighted by Gasteiger charge is -2.44. The van der Waals surface area contributed by atoms with E-state index in [1.807, 2.05) is 6.92 Å². The fourth-order valence-electron chi connectivity index (χ4n) is 3.32. The van der Waals surface area contributed by atoms with Gasteiger partial charge in [-0.05, 0) is 19.3 Å². The first-order chi connectivity index (χ1) is 9.66. The van der Waals surface area contributed by atoms with E-state index in [1.165, 1.54) is 11.3 Å². The predicted octanol–water partition coefficient (Wildman–Crippen LogP) is 1.69. The molecule has 2 fully saturated rings. The summed E-state index contributed by atoms with van der Waals surface area (Å²) in [5, 5.41) is 3.01. The summed E-state index contributed by atoms with van der Waals surface area (Å²) in [6.45, 7) is 2.45. The zero-order valence-corrected chi connectivity index (χ0v) is 12.4. The quantitative estimate of drug-likeness (QED) is 0.922. The summed E-state index contributed by atoms with van der Waals surface area (Å²) in [6.07, 6.45) is 5.99. The number of nitrogens with one attached hydrogen (secondary N) is 1. The molecule has 1 N–H and O–H groups in total. The van der Waals surface area contributed by atoms with Gasteiger partial charge in [-0.25, -0.2) is 0 Å². The van der Waals surface area contributed by atoms with Crippen molar-refractivity contribution in [1.29, 1.82) is 0 Å². The molecule has 2 heterocycles. The van der Waals surface area contributed by atoms with Crippen LogP contribution in [-0.4, -0.2) is 33.3 Å². The van der Waals surface area contributed by atoms with Crippen LogP contribution >= 0.6 is 11.3 Å². The second-order valence-corrected chi connectivity index (χ2v) is 6.57. The van der Waals surface area contributed by atoms with E-state index in [0.717, 1.165) is 30.6 Å². The molecule has 5 nitrogen and oxygen atoms in total. The van der Waals surface area contributed by atoms with Crippen molar-refractivity contribution in [3.05, 3.63) is 16.6 Å². The average molecular weight is 293 g/mol. The molecule has 20 heavy (non-hydrogen) atoms. The standard InChI is InChI=1S/C14H19N3O2S/c1-2-11-12(18)16-14(5-3-4-6-14)13(19)17(11)8-10-7-15-9-20-10/h7,9,11H,2-6,8H2,1H3,(H,16,18). The van der Waals surface area contributed by atoms with Crippen molar-refractivity contribution in [3.8, 4) is 0 Å². The van der Waals surface area contributed by atoms with Crippen LogP contribution in [0.15, 0.2) is 11.7 Å². The van der Waals surface area contributed by atoms with Gasteiger partial charge >= 0.3 is 0 Å². The second-order valence-electron chi connectivity index (χ2n) is 5.60. The Kier molecular flexibility index (Phi) is 3.50. The molecule has 1 saturated carbocycles. The molecule has 1 aromatic heterocycles. The Morgan fingerprint density at radius 3 is 2.80 bits per heavy atom. The van der Waals surface area contributed by atoms with Gasteiger partial charge in [0.15, 0.2) is 0 Å². The highest BCUT2D eigenvalue weighted by Gasteiger charge is 2.51. The monoisotopic (exact) mass is 293 g/mol. The molecule has 2 aliphatic rings. The molecule has 108 valence electrons. The van der Waals surface area contributed by atoms with Crippen LogP contribution in [-0.2, 0) is 16.1 Å². The minimum Gasteiger partial charge on any atom is -0.340 e. The number of amides is 2. The van der Waals surface area contributed by atoms with E-state index in [2.05, 4.69) is 10.3 Å². The van der Waals surface area contributed by atoms with Gasteiger partial charge in [0.25, 0.3) is 0 Å². The predicted molar refractivity (Wildman–Crippen MR) is 76.1 cm³/mol. The van der Waals surface area contributed by atoms with Crippen molar-refractivity contribution < 1.29 is 9.59 Å². The first kappa shape index (κ1) is 13.5. The molecule has 6 heteroatoms. The third-order valence-electron chi connectivity index (χ3n) is 4.37. The average Bonchev–Trinajstić information content (AvgIpc) is 3.08. The Morgan fingerprint density at radius 2 is 2.20 bits per heavy atom. The van der Waals surface area contributed by atoms with Crippen molar-refractivity contribution in [2.24, 2.45) is 0 Å². The van der Waals surface area contributed by atoms with E-state index in [9.17, 15) is 9.59 Å². The summed E-state index contributed by atoms with van der Waals surface area (Å²) in [7, 11) is 0. The van der Waals surface area contributed by atoms with Gasteiger partial charge in [0, 0.05) is 11.1 Å². The molecule has 1 saturated heterocycles. The number of rotatable bonds is 3. The van der Waals surface area contributed by atoms with Crippen molar-refractivity contribution in [1.82, 2.24) is 15.2 Å². The molecule has 1 spiro atoms. The summed E-state index contributed by atoms with van der Waals surface area (Å²) in [5.74, 6) is 0.0911. The van der Waals surface area contributed by atoms with Crippen LogP contribution < -0.4 is 5.32 Å². The van der Waals surface area contributed by atoms with Gasteiger partial charge < -0.3 is 10.2 Å². The number of nitrogens with zero attached hydrogens (tertiary/aromatic N) is 2. The van der Waals surface area contributed by atoms with Crippen LogP contribution in [0, 0.1) is 0 Å². The third-order valence-corrected chi connectivity index (χ3v) is 5.13. The number of piperazine rings is 1. The van der Waals surface area contributed by atoms with Crippen molar-refractivity contribution in [2.45, 2.75) is 57.2 Å². The van der Waals surface area contributed by atoms with Crippen molar-refractivity contribution in [3.63, 3.8) is 0 Å². The van der Waals surface area contributed by atoms with Crippen LogP contribution in [0.5, 0.6) is 0 Å². The van der Waals surface area contributed by atoms with Crippen molar-refractivity contribution >= 4 is 23.2 Å². The first-order valence-electron chi connectivity index (χ1n) is 7.17. The van der Waals surface area contributed by atoms with Crippen LogP contribution in [0.3, 0.4) is 0 Å². The summed E-state index contributed by atoms with van der Waals surface area (Å²) >= 11 is 1.53. The molecule has 2 amide bonds. The normalized spacial score (nSPS) is 25.2. The van der Waals surface area contributed by atoms with Gasteiger partial charge in [0.1, 0.15) is 11.6 Å². The Hall–Kier alpha value is -1.43. The lowest BCUT2D eigenvalue weighted by Crippen LogP contribution is -2.68. The zero-order chi connectivity index (χ0) is 14.2. The van der Waals surface area contributed by atoms with Crippen LogP contribution in [0.25, 0.3) is 0 Å². The Balaban J connectivity index is 1.89. The summed E-state index contributed by atoms with van der Waals surface area (Å²) in [5.41, 5.74) is 1.13. The third kappa shape index (κ3) is 2.12. The van der Waals surface area contributed by atoms with Gasteiger partial charge in [0.05, 0.1) is 12.1 Å². The van der Waals surface area contributed by atoms with Gasteiger partial charge in [-0.2, -0.15) is 0 Å². The molecule has 0 aromatic carbocycles. The number of carbonyl (C=O) groups is 2. The maximum Gasteiger partial charge on any atom is 0.249 e. The van der Waals surface area contributed by atoms with Crippen LogP contribution in [0.4, 0.5) is 0 Å². The van der Waals surface area contributed by atoms with Gasteiger partial charge in [-0.15, -0.1) is 11.3 Å². The molecule has 1 aromatic rings. The number of hydrogen-bond acceptors (Lipinski definition) is 4. The summed E-state index contributed by atoms with van der Waals surface area (Å²) in [4.78, 5) is 32.1. The fraction of sp³-hybridized carbons (Fsp3) is 0.643. The second kappa shape index (κ2) is 5.16. The molecule has 1 unspecified atom stereocenters. The molecule has 0 radical (unpaired) electrons.